The van der Waals surface area contributed by atoms with Crippen LogP contribution in [0.5, 0.6) is 0 Å². The number of aryl methyl sites for hydroxylation is 1. The van der Waals surface area contributed by atoms with Crippen molar-refractivity contribution in [3.8, 4) is 5.82 Å². The van der Waals surface area contributed by atoms with Gasteiger partial charge >= 0.3 is 5.69 Å². The van der Waals surface area contributed by atoms with Crippen molar-refractivity contribution in [3.63, 3.8) is 0 Å². The Kier molecular flexibility index (Phi) is 2.66. The third-order valence-electron chi connectivity index (χ3n) is 3.33. The molecule has 0 radical (unpaired) electrons. The first-order valence-corrected chi connectivity index (χ1v) is 6.13. The highest BCUT2D eigenvalue weighted by Crippen LogP contribution is 2.27. The molecule has 98 valence electrons. The zero-order valence-electron chi connectivity index (χ0n) is 10.2. The van der Waals surface area contributed by atoms with Gasteiger partial charge in [-0.05, 0) is 31.7 Å². The molecule has 2 heterocycles. The Morgan fingerprint density at radius 2 is 2.11 bits per heavy atom. The Bertz CT molecular complexity index is 650. The van der Waals surface area contributed by atoms with Gasteiger partial charge in [0.05, 0.1) is 10.6 Å². The molecule has 0 spiro atoms. The van der Waals surface area contributed by atoms with Crippen molar-refractivity contribution in [2.24, 2.45) is 0 Å². The molecule has 2 aromatic rings. The van der Waals surface area contributed by atoms with Crippen LogP contribution in [0.15, 0.2) is 18.5 Å². The van der Waals surface area contributed by atoms with E-state index in [4.69, 9.17) is 5.73 Å². The topological polar surface area (TPSA) is 99.9 Å². The number of nitrogen functional groups attached to an aromatic ring is 1. The number of pyridine rings is 1. The van der Waals surface area contributed by atoms with Gasteiger partial charge in [-0.1, -0.05) is 0 Å². The van der Waals surface area contributed by atoms with E-state index in [9.17, 15) is 10.1 Å². The summed E-state index contributed by atoms with van der Waals surface area (Å²) in [5.74, 6) is 0.513. The molecule has 2 N–H and O–H groups in total. The summed E-state index contributed by atoms with van der Waals surface area (Å²) in [4.78, 5) is 19.1. The molecule has 7 nitrogen and oxygen atoms in total. The normalized spacial score (nSPS) is 14.1. The zero-order valence-corrected chi connectivity index (χ0v) is 10.2. The Morgan fingerprint density at radius 3 is 2.89 bits per heavy atom. The first-order valence-electron chi connectivity index (χ1n) is 6.13. The Balaban J connectivity index is 2.19. The largest absolute Gasteiger partial charge is 0.384 e. The molecular weight excluding hydrogens is 246 g/mol. The summed E-state index contributed by atoms with van der Waals surface area (Å²) in [5, 5.41) is 11.1. The molecule has 0 saturated heterocycles. The molecule has 0 amide bonds. The van der Waals surface area contributed by atoms with Crippen molar-refractivity contribution in [3.05, 3.63) is 40.0 Å². The molecule has 0 saturated carbocycles. The van der Waals surface area contributed by atoms with E-state index >= 15 is 0 Å². The second kappa shape index (κ2) is 4.34. The average molecular weight is 259 g/mol. The molecule has 19 heavy (non-hydrogen) atoms. The Hall–Kier alpha value is -2.44. The molecule has 0 bridgehead atoms. The van der Waals surface area contributed by atoms with Crippen molar-refractivity contribution >= 4 is 11.5 Å². The number of aromatic nitrogens is 3. The number of nitrogens with two attached hydrogens (primary N) is 1. The summed E-state index contributed by atoms with van der Waals surface area (Å²) in [6.07, 6.45) is 5.55. The third-order valence-corrected chi connectivity index (χ3v) is 3.33. The van der Waals surface area contributed by atoms with Crippen LogP contribution in [0, 0.1) is 10.1 Å². The van der Waals surface area contributed by atoms with Gasteiger partial charge in [0.1, 0.15) is 12.1 Å². The monoisotopic (exact) mass is 259 g/mol. The van der Waals surface area contributed by atoms with Crippen LogP contribution in [0.2, 0.25) is 0 Å². The minimum Gasteiger partial charge on any atom is -0.384 e. The number of hydrogen-bond acceptors (Lipinski definition) is 5. The smallest absolute Gasteiger partial charge is 0.312 e. The second-order valence-electron chi connectivity index (χ2n) is 4.55. The van der Waals surface area contributed by atoms with Crippen molar-refractivity contribution in [2.75, 3.05) is 5.73 Å². The van der Waals surface area contributed by atoms with Crippen LogP contribution < -0.4 is 5.73 Å². The summed E-state index contributed by atoms with van der Waals surface area (Å²) < 4.78 is 1.70. The predicted molar refractivity (Wildman–Crippen MR) is 69.1 cm³/mol. The molecule has 2 aromatic heterocycles. The molecule has 7 heteroatoms. The number of imidazole rings is 1. The summed E-state index contributed by atoms with van der Waals surface area (Å²) in [7, 11) is 0. The fraction of sp³-hybridized carbons (Fsp3) is 0.333. The van der Waals surface area contributed by atoms with Crippen LogP contribution >= 0.6 is 0 Å². The molecule has 0 atom stereocenters. The number of nitrogens with zero attached hydrogens (tertiary/aromatic N) is 4. The van der Waals surface area contributed by atoms with Crippen LogP contribution in [0.3, 0.4) is 0 Å². The predicted octanol–water partition coefficient (Wildman–Crippen LogP) is 1.64. The molecule has 1 aliphatic rings. The van der Waals surface area contributed by atoms with Gasteiger partial charge in [-0.25, -0.2) is 9.97 Å². The van der Waals surface area contributed by atoms with Gasteiger partial charge in [-0.15, -0.1) is 0 Å². The van der Waals surface area contributed by atoms with Gasteiger partial charge in [0, 0.05) is 11.8 Å². The van der Waals surface area contributed by atoms with Crippen molar-refractivity contribution in [2.45, 2.75) is 25.7 Å². The fourth-order valence-corrected chi connectivity index (χ4v) is 2.43. The highest BCUT2D eigenvalue weighted by Gasteiger charge is 2.23. The number of rotatable bonds is 2. The van der Waals surface area contributed by atoms with Crippen molar-refractivity contribution in [1.29, 1.82) is 0 Å². The lowest BCUT2D eigenvalue weighted by molar-refractivity contribution is -0.384. The van der Waals surface area contributed by atoms with E-state index in [0.29, 0.717) is 0 Å². The average Bonchev–Trinajstić information content (AvgIpc) is 2.82. The van der Waals surface area contributed by atoms with Crippen LogP contribution in [0.4, 0.5) is 11.5 Å². The summed E-state index contributed by atoms with van der Waals surface area (Å²) >= 11 is 0. The van der Waals surface area contributed by atoms with Gasteiger partial charge in [0.2, 0.25) is 5.82 Å². The molecule has 0 fully saturated rings. The van der Waals surface area contributed by atoms with Gasteiger partial charge < -0.3 is 5.73 Å². The minimum absolute atomic E-state index is 0.0556. The molecule has 3 rings (SSSR count). The summed E-state index contributed by atoms with van der Waals surface area (Å²) in [5.41, 5.74) is 7.60. The van der Waals surface area contributed by atoms with Crippen LogP contribution in [0.25, 0.3) is 5.82 Å². The van der Waals surface area contributed by atoms with Crippen LogP contribution in [-0.2, 0) is 12.8 Å². The van der Waals surface area contributed by atoms with E-state index in [1.165, 1.54) is 12.1 Å². The second-order valence-corrected chi connectivity index (χ2v) is 4.55. The summed E-state index contributed by atoms with van der Waals surface area (Å²) in [6.45, 7) is 0. The minimum atomic E-state index is -0.447. The number of fused-ring (bicyclic) bond motifs is 1. The molecule has 1 aliphatic carbocycles. The number of nitro groups is 1. The van der Waals surface area contributed by atoms with E-state index in [0.717, 1.165) is 37.1 Å². The maximum atomic E-state index is 11.1. The van der Waals surface area contributed by atoms with E-state index in [1.807, 2.05) is 0 Å². The number of hydrogen-bond donors (Lipinski definition) is 1. The fourth-order valence-electron chi connectivity index (χ4n) is 2.43. The molecule has 0 aliphatic heterocycles. The Labute approximate surface area is 109 Å². The molecular formula is C12H13N5O2. The highest BCUT2D eigenvalue weighted by atomic mass is 16.6. The van der Waals surface area contributed by atoms with Crippen molar-refractivity contribution < 1.29 is 4.92 Å². The van der Waals surface area contributed by atoms with Gasteiger partial charge in [-0.2, -0.15) is 0 Å². The third kappa shape index (κ3) is 1.92. The standard InChI is InChI=1S/C12H13N5O2/c13-11-6-5-10(17(18)19)12(15-11)16-7-14-8-3-1-2-4-9(8)16/h5-7H,1-4H2,(H2,13,15). The zero-order chi connectivity index (χ0) is 13.4. The molecule has 0 aromatic carbocycles. The highest BCUT2D eigenvalue weighted by molar-refractivity contribution is 5.52. The van der Waals surface area contributed by atoms with Crippen LogP contribution in [0.1, 0.15) is 24.2 Å². The SMILES string of the molecule is Nc1ccc([N+](=O)[O-])c(-n2cnc3c2CCCC3)n1. The maximum Gasteiger partial charge on any atom is 0.312 e. The lowest BCUT2D eigenvalue weighted by atomic mass is 10.0. The maximum absolute atomic E-state index is 11.1. The van der Waals surface area contributed by atoms with Crippen LogP contribution in [-0.4, -0.2) is 19.5 Å². The first-order chi connectivity index (χ1) is 9.16. The van der Waals surface area contributed by atoms with E-state index in [-0.39, 0.29) is 17.3 Å². The van der Waals surface area contributed by atoms with Gasteiger partial charge in [0.25, 0.3) is 0 Å². The van der Waals surface area contributed by atoms with E-state index in [2.05, 4.69) is 9.97 Å². The van der Waals surface area contributed by atoms with Crippen molar-refractivity contribution in [1.82, 2.24) is 14.5 Å². The Morgan fingerprint density at radius 1 is 1.32 bits per heavy atom. The van der Waals surface area contributed by atoms with Gasteiger partial charge in [0.15, 0.2) is 0 Å². The quantitative estimate of drug-likeness (QED) is 0.652. The first kappa shape index (κ1) is 11.6. The van der Waals surface area contributed by atoms with E-state index in [1.54, 1.807) is 10.9 Å². The molecule has 0 unspecified atom stereocenters. The number of anilines is 1. The van der Waals surface area contributed by atoms with Gasteiger partial charge in [-0.3, -0.25) is 14.7 Å². The lowest BCUT2D eigenvalue weighted by Gasteiger charge is -2.13. The lowest BCUT2D eigenvalue weighted by Crippen LogP contribution is -2.10. The van der Waals surface area contributed by atoms with E-state index < -0.39 is 4.92 Å². The summed E-state index contributed by atoms with van der Waals surface area (Å²) in [6, 6.07) is 2.82.